The van der Waals surface area contributed by atoms with Crippen molar-refractivity contribution >= 4 is 16.9 Å². The molecular formula is C13H10N2O3. The largest absolute Gasteiger partial charge is 0.477 e. The Labute approximate surface area is 102 Å². The Hall–Kier alpha value is -2.56. The van der Waals surface area contributed by atoms with Crippen LogP contribution in [0.15, 0.2) is 34.9 Å². The van der Waals surface area contributed by atoms with E-state index in [1.54, 1.807) is 0 Å². The van der Waals surface area contributed by atoms with E-state index >= 15 is 0 Å². The molecule has 0 amide bonds. The van der Waals surface area contributed by atoms with Crippen LogP contribution >= 0.6 is 0 Å². The normalized spacial score (nSPS) is 10.9. The number of aromatic carboxylic acids is 1. The van der Waals surface area contributed by atoms with Crippen LogP contribution in [0.2, 0.25) is 0 Å². The van der Waals surface area contributed by atoms with Crippen LogP contribution in [0.3, 0.4) is 0 Å². The van der Waals surface area contributed by atoms with Crippen molar-refractivity contribution in [3.8, 4) is 11.4 Å². The van der Waals surface area contributed by atoms with Crippen molar-refractivity contribution in [1.29, 1.82) is 0 Å². The minimum atomic E-state index is -1.02. The van der Waals surface area contributed by atoms with Gasteiger partial charge in [0.25, 0.3) is 0 Å². The number of carbonyl (C=O) groups is 1. The predicted octanol–water partition coefficient (Wildman–Crippen LogP) is 2.83. The lowest BCUT2D eigenvalue weighted by atomic mass is 10.1. The van der Waals surface area contributed by atoms with Crippen molar-refractivity contribution < 1.29 is 14.3 Å². The molecule has 1 aromatic carbocycles. The number of hydrogen-bond acceptors (Lipinski definition) is 3. The summed E-state index contributed by atoms with van der Waals surface area (Å²) in [6.45, 7) is 1.88. The summed E-state index contributed by atoms with van der Waals surface area (Å²) in [5, 5.41) is 9.80. The third-order valence-electron chi connectivity index (χ3n) is 2.72. The Bertz CT molecular complexity index is 740. The number of furan rings is 1. The second kappa shape index (κ2) is 3.73. The fourth-order valence-electron chi connectivity index (χ4n) is 1.90. The fourth-order valence-corrected chi connectivity index (χ4v) is 1.90. The van der Waals surface area contributed by atoms with Gasteiger partial charge in [0.05, 0.1) is 6.20 Å². The summed E-state index contributed by atoms with van der Waals surface area (Å²) in [4.78, 5) is 17.6. The zero-order valence-corrected chi connectivity index (χ0v) is 9.60. The maximum atomic E-state index is 10.8. The summed E-state index contributed by atoms with van der Waals surface area (Å²) in [6.07, 6.45) is 1.31. The number of H-pyrrole nitrogens is 1. The summed E-state index contributed by atoms with van der Waals surface area (Å²) in [6, 6.07) is 7.53. The Kier molecular flexibility index (Phi) is 2.19. The highest BCUT2D eigenvalue weighted by molar-refractivity contribution is 5.87. The van der Waals surface area contributed by atoms with Gasteiger partial charge in [0.2, 0.25) is 0 Å². The van der Waals surface area contributed by atoms with E-state index in [9.17, 15) is 4.79 Å². The number of nitrogens with zero attached hydrogens (tertiary/aromatic N) is 1. The molecule has 3 aromatic rings. The molecule has 2 heterocycles. The van der Waals surface area contributed by atoms with Gasteiger partial charge >= 0.3 is 5.97 Å². The molecule has 2 aromatic heterocycles. The first kappa shape index (κ1) is 10.6. The van der Waals surface area contributed by atoms with E-state index in [1.165, 1.54) is 6.20 Å². The number of carboxylic acids is 1. The van der Waals surface area contributed by atoms with E-state index in [1.807, 2.05) is 31.2 Å². The topological polar surface area (TPSA) is 79.1 Å². The molecule has 0 unspecified atom stereocenters. The van der Waals surface area contributed by atoms with Crippen molar-refractivity contribution in [2.75, 3.05) is 0 Å². The van der Waals surface area contributed by atoms with Gasteiger partial charge in [0.15, 0.2) is 0 Å². The Morgan fingerprint density at radius 2 is 2.22 bits per heavy atom. The molecule has 0 saturated heterocycles. The maximum absolute atomic E-state index is 10.8. The van der Waals surface area contributed by atoms with E-state index in [0.29, 0.717) is 5.82 Å². The monoisotopic (exact) mass is 242 g/mol. The minimum absolute atomic E-state index is 0.0773. The van der Waals surface area contributed by atoms with Gasteiger partial charge in [-0.05, 0) is 31.2 Å². The molecule has 0 aliphatic carbocycles. The number of aromatic amines is 1. The summed E-state index contributed by atoms with van der Waals surface area (Å²) >= 11 is 0. The number of aryl methyl sites for hydroxylation is 1. The maximum Gasteiger partial charge on any atom is 0.353 e. The molecular weight excluding hydrogens is 232 g/mol. The SMILES string of the molecule is Cc1cc2cc(-c3ncc(C(=O)O)[nH]3)ccc2o1. The lowest BCUT2D eigenvalue weighted by Crippen LogP contribution is -1.95. The lowest BCUT2D eigenvalue weighted by molar-refractivity contribution is 0.0691. The van der Waals surface area contributed by atoms with Gasteiger partial charge in [0, 0.05) is 10.9 Å². The zero-order chi connectivity index (χ0) is 12.7. The van der Waals surface area contributed by atoms with Crippen LogP contribution in [0.4, 0.5) is 0 Å². The smallest absolute Gasteiger partial charge is 0.353 e. The van der Waals surface area contributed by atoms with Gasteiger partial charge in [0.1, 0.15) is 22.9 Å². The van der Waals surface area contributed by atoms with Gasteiger partial charge < -0.3 is 14.5 Å². The predicted molar refractivity (Wildman–Crippen MR) is 65.5 cm³/mol. The average Bonchev–Trinajstić information content (AvgIpc) is 2.91. The average molecular weight is 242 g/mol. The van der Waals surface area contributed by atoms with Crippen molar-refractivity contribution in [3.05, 3.63) is 41.9 Å². The van der Waals surface area contributed by atoms with E-state index in [-0.39, 0.29) is 5.69 Å². The molecule has 0 spiro atoms. The molecule has 2 N–H and O–H groups in total. The summed E-state index contributed by atoms with van der Waals surface area (Å²) in [5.41, 5.74) is 1.71. The van der Waals surface area contributed by atoms with E-state index in [0.717, 1.165) is 22.3 Å². The molecule has 90 valence electrons. The molecule has 0 bridgehead atoms. The highest BCUT2D eigenvalue weighted by Crippen LogP contribution is 2.24. The van der Waals surface area contributed by atoms with Gasteiger partial charge in [-0.2, -0.15) is 0 Å². The first-order valence-corrected chi connectivity index (χ1v) is 5.42. The fraction of sp³-hybridized carbons (Fsp3) is 0.0769. The van der Waals surface area contributed by atoms with Crippen LogP contribution in [0.25, 0.3) is 22.4 Å². The first-order valence-electron chi connectivity index (χ1n) is 5.42. The Morgan fingerprint density at radius 3 is 2.94 bits per heavy atom. The molecule has 5 heteroatoms. The van der Waals surface area contributed by atoms with Crippen LogP contribution in [0.1, 0.15) is 16.2 Å². The first-order chi connectivity index (χ1) is 8.63. The number of rotatable bonds is 2. The highest BCUT2D eigenvalue weighted by Gasteiger charge is 2.10. The molecule has 18 heavy (non-hydrogen) atoms. The highest BCUT2D eigenvalue weighted by atomic mass is 16.4. The van der Waals surface area contributed by atoms with Crippen LogP contribution in [0.5, 0.6) is 0 Å². The summed E-state index contributed by atoms with van der Waals surface area (Å²) in [5.74, 6) is 0.356. The molecule has 0 fully saturated rings. The number of benzene rings is 1. The van der Waals surface area contributed by atoms with E-state index < -0.39 is 5.97 Å². The molecule has 0 aliphatic rings. The lowest BCUT2D eigenvalue weighted by Gasteiger charge is -1.96. The summed E-state index contributed by atoms with van der Waals surface area (Å²) in [7, 11) is 0. The second-order valence-electron chi connectivity index (χ2n) is 4.06. The number of hydrogen-bond donors (Lipinski definition) is 2. The van der Waals surface area contributed by atoms with Gasteiger partial charge in [-0.1, -0.05) is 0 Å². The standard InChI is InChI=1S/C13H10N2O3/c1-7-4-9-5-8(2-3-11(9)18-7)12-14-6-10(15-12)13(16)17/h2-6H,1H3,(H,14,15)(H,16,17). The van der Waals surface area contributed by atoms with E-state index in [2.05, 4.69) is 9.97 Å². The van der Waals surface area contributed by atoms with E-state index in [4.69, 9.17) is 9.52 Å². The van der Waals surface area contributed by atoms with Crippen molar-refractivity contribution in [1.82, 2.24) is 9.97 Å². The van der Waals surface area contributed by atoms with Gasteiger partial charge in [-0.3, -0.25) is 0 Å². The zero-order valence-electron chi connectivity index (χ0n) is 9.60. The van der Waals surface area contributed by atoms with Crippen LogP contribution < -0.4 is 0 Å². The molecule has 3 rings (SSSR count). The van der Waals surface area contributed by atoms with Gasteiger partial charge in [-0.25, -0.2) is 9.78 Å². The quantitative estimate of drug-likeness (QED) is 0.724. The van der Waals surface area contributed by atoms with Gasteiger partial charge in [-0.15, -0.1) is 0 Å². The molecule has 0 atom stereocenters. The Balaban J connectivity index is 2.09. The van der Waals surface area contributed by atoms with Crippen molar-refractivity contribution in [2.24, 2.45) is 0 Å². The second-order valence-corrected chi connectivity index (χ2v) is 4.06. The molecule has 0 aliphatic heterocycles. The Morgan fingerprint density at radius 1 is 1.39 bits per heavy atom. The third kappa shape index (κ3) is 1.66. The third-order valence-corrected chi connectivity index (χ3v) is 2.72. The van der Waals surface area contributed by atoms with Crippen molar-refractivity contribution in [2.45, 2.75) is 6.92 Å². The molecule has 5 nitrogen and oxygen atoms in total. The number of fused-ring (bicyclic) bond motifs is 1. The number of nitrogens with one attached hydrogen (secondary N) is 1. The van der Waals surface area contributed by atoms with Crippen LogP contribution in [-0.4, -0.2) is 21.0 Å². The number of carboxylic acid groups (broad SMARTS) is 1. The molecule has 0 saturated carbocycles. The minimum Gasteiger partial charge on any atom is -0.477 e. The van der Waals surface area contributed by atoms with Crippen LogP contribution in [0, 0.1) is 6.92 Å². The number of imidazole rings is 1. The number of aromatic nitrogens is 2. The van der Waals surface area contributed by atoms with Crippen LogP contribution in [-0.2, 0) is 0 Å². The molecule has 0 radical (unpaired) electrons. The summed E-state index contributed by atoms with van der Waals surface area (Å²) < 4.78 is 5.48. The van der Waals surface area contributed by atoms with Crippen molar-refractivity contribution in [3.63, 3.8) is 0 Å².